The molecule has 0 saturated carbocycles. The van der Waals surface area contributed by atoms with Crippen LogP contribution >= 0.6 is 15.9 Å². The summed E-state index contributed by atoms with van der Waals surface area (Å²) in [7, 11) is 0. The first kappa shape index (κ1) is 17.6. The van der Waals surface area contributed by atoms with E-state index in [2.05, 4.69) is 54.4 Å². The summed E-state index contributed by atoms with van der Waals surface area (Å²) < 4.78 is 0.983. The van der Waals surface area contributed by atoms with E-state index in [9.17, 15) is 0 Å². The Hall–Kier alpha value is -3.51. The van der Waals surface area contributed by atoms with Crippen LogP contribution < -0.4 is 11.1 Å². The maximum absolute atomic E-state index is 5.94. The van der Waals surface area contributed by atoms with Gasteiger partial charge in [-0.25, -0.2) is 4.98 Å². The number of para-hydroxylation sites is 1. The molecule has 0 fully saturated rings. The van der Waals surface area contributed by atoms with Crippen molar-refractivity contribution in [3.63, 3.8) is 0 Å². The molecule has 0 radical (unpaired) electrons. The number of hydrogen-bond acceptors (Lipinski definition) is 5. The summed E-state index contributed by atoms with van der Waals surface area (Å²) in [6, 6.07) is 24.2. The van der Waals surface area contributed by atoms with Crippen LogP contribution in [-0.2, 0) is 0 Å². The number of nitrogens with two attached hydrogens (primary N) is 1. The zero-order valence-corrected chi connectivity index (χ0v) is 16.9. The second kappa shape index (κ2) is 7.14. The Morgan fingerprint density at radius 3 is 2.59 bits per heavy atom. The summed E-state index contributed by atoms with van der Waals surface area (Å²) in [5.41, 5.74) is 10.7. The average Bonchev–Trinajstić information content (AvgIpc) is 2.73. The van der Waals surface area contributed by atoms with Crippen LogP contribution in [0.4, 0.5) is 17.5 Å². The normalized spacial score (nSPS) is 11.1. The number of nitrogens with zero attached hydrogens (tertiary/aromatic N) is 3. The number of nitrogens with one attached hydrogen (secondary N) is 1. The van der Waals surface area contributed by atoms with E-state index in [1.807, 2.05) is 60.8 Å². The Labute approximate surface area is 175 Å². The lowest BCUT2D eigenvalue weighted by Crippen LogP contribution is -2.01. The number of nitrogen functional groups attached to an aromatic ring is 1. The minimum Gasteiger partial charge on any atom is -0.368 e. The summed E-state index contributed by atoms with van der Waals surface area (Å²) in [5, 5.41) is 5.36. The van der Waals surface area contributed by atoms with E-state index in [-0.39, 0.29) is 5.95 Å². The SMILES string of the molecule is Nc1nc(Nc2cccc(Br)c2)c2cc(-c3cnc4ccccc4c3)ccc2n1. The van der Waals surface area contributed by atoms with Crippen molar-refractivity contribution in [2.45, 2.75) is 0 Å². The number of rotatable bonds is 3. The second-order valence-corrected chi connectivity index (χ2v) is 7.63. The molecule has 0 bridgehead atoms. The Kier molecular flexibility index (Phi) is 4.33. The van der Waals surface area contributed by atoms with E-state index in [4.69, 9.17) is 5.73 Å². The number of hydrogen-bond donors (Lipinski definition) is 2. The Morgan fingerprint density at radius 2 is 1.69 bits per heavy atom. The highest BCUT2D eigenvalue weighted by Crippen LogP contribution is 2.31. The number of pyridine rings is 1. The largest absolute Gasteiger partial charge is 0.368 e. The third kappa shape index (κ3) is 3.50. The van der Waals surface area contributed by atoms with Gasteiger partial charge in [-0.2, -0.15) is 4.98 Å². The van der Waals surface area contributed by atoms with Crippen molar-refractivity contribution < 1.29 is 0 Å². The van der Waals surface area contributed by atoms with Crippen LogP contribution in [0.3, 0.4) is 0 Å². The summed E-state index contributed by atoms with van der Waals surface area (Å²) >= 11 is 3.50. The molecule has 0 aliphatic heterocycles. The molecule has 0 aliphatic carbocycles. The lowest BCUT2D eigenvalue weighted by atomic mass is 10.0. The van der Waals surface area contributed by atoms with Gasteiger partial charge in [0.2, 0.25) is 5.95 Å². The predicted molar refractivity (Wildman–Crippen MR) is 122 cm³/mol. The molecular formula is C23H16BrN5. The van der Waals surface area contributed by atoms with Gasteiger partial charge in [-0.15, -0.1) is 0 Å². The maximum atomic E-state index is 5.94. The molecule has 0 unspecified atom stereocenters. The molecule has 5 aromatic rings. The first-order chi connectivity index (χ1) is 14.2. The van der Waals surface area contributed by atoms with E-state index in [1.165, 1.54) is 0 Å². The van der Waals surface area contributed by atoms with Crippen molar-refractivity contribution in [1.29, 1.82) is 0 Å². The third-order valence-electron chi connectivity index (χ3n) is 4.72. The number of fused-ring (bicyclic) bond motifs is 2. The van der Waals surface area contributed by atoms with Crippen LogP contribution in [0.2, 0.25) is 0 Å². The van der Waals surface area contributed by atoms with Crippen LogP contribution in [0.1, 0.15) is 0 Å². The Bertz CT molecular complexity index is 1370. The average molecular weight is 442 g/mol. The van der Waals surface area contributed by atoms with Crippen molar-refractivity contribution >= 4 is 55.2 Å². The van der Waals surface area contributed by atoms with Crippen LogP contribution in [-0.4, -0.2) is 15.0 Å². The molecule has 0 spiro atoms. The van der Waals surface area contributed by atoms with E-state index in [1.54, 1.807) is 0 Å². The number of halogens is 1. The molecule has 3 aromatic carbocycles. The smallest absolute Gasteiger partial charge is 0.222 e. The second-order valence-electron chi connectivity index (χ2n) is 6.71. The molecule has 5 nitrogen and oxygen atoms in total. The lowest BCUT2D eigenvalue weighted by Gasteiger charge is -2.11. The molecular weight excluding hydrogens is 426 g/mol. The summed E-state index contributed by atoms with van der Waals surface area (Å²) in [6.07, 6.45) is 1.89. The van der Waals surface area contributed by atoms with Crippen LogP contribution in [0.25, 0.3) is 32.9 Å². The fourth-order valence-electron chi connectivity index (χ4n) is 3.35. The van der Waals surface area contributed by atoms with Gasteiger partial charge >= 0.3 is 0 Å². The van der Waals surface area contributed by atoms with Gasteiger partial charge in [-0.05, 0) is 48.0 Å². The van der Waals surface area contributed by atoms with Crippen molar-refractivity contribution in [3.8, 4) is 11.1 Å². The monoisotopic (exact) mass is 441 g/mol. The molecule has 2 heterocycles. The molecule has 29 heavy (non-hydrogen) atoms. The topological polar surface area (TPSA) is 76.7 Å². The van der Waals surface area contributed by atoms with Crippen LogP contribution in [0, 0.1) is 0 Å². The third-order valence-corrected chi connectivity index (χ3v) is 5.22. The fourth-order valence-corrected chi connectivity index (χ4v) is 3.75. The van der Waals surface area contributed by atoms with Gasteiger partial charge in [0.15, 0.2) is 0 Å². The highest BCUT2D eigenvalue weighted by molar-refractivity contribution is 9.10. The summed E-state index contributed by atoms with van der Waals surface area (Å²) in [5.74, 6) is 0.899. The zero-order valence-electron chi connectivity index (χ0n) is 15.3. The predicted octanol–water partition coefficient (Wildman–Crippen LogP) is 5.93. The number of benzene rings is 3. The van der Waals surface area contributed by atoms with Gasteiger partial charge in [0.1, 0.15) is 5.82 Å². The van der Waals surface area contributed by atoms with Crippen molar-refractivity contribution in [3.05, 3.63) is 83.5 Å². The van der Waals surface area contributed by atoms with Gasteiger partial charge < -0.3 is 11.1 Å². The Morgan fingerprint density at radius 1 is 0.793 bits per heavy atom. The van der Waals surface area contributed by atoms with Gasteiger partial charge in [-0.3, -0.25) is 4.98 Å². The standard InChI is InChI=1S/C23H16BrN5/c24-17-5-3-6-18(12-17)27-22-19-11-14(8-9-21(19)28-23(25)29-22)16-10-15-4-1-2-7-20(15)26-13-16/h1-13H,(H3,25,27,28,29). The van der Waals surface area contributed by atoms with Crippen molar-refractivity contribution in [2.75, 3.05) is 11.1 Å². The Balaban J connectivity index is 1.63. The lowest BCUT2D eigenvalue weighted by molar-refractivity contribution is 1.23. The first-order valence-corrected chi connectivity index (χ1v) is 9.90. The zero-order chi connectivity index (χ0) is 19.8. The maximum Gasteiger partial charge on any atom is 0.222 e. The molecule has 0 atom stereocenters. The van der Waals surface area contributed by atoms with Gasteiger partial charge in [0, 0.05) is 32.7 Å². The minimum absolute atomic E-state index is 0.232. The molecule has 140 valence electrons. The molecule has 0 amide bonds. The number of aromatic nitrogens is 3. The minimum atomic E-state index is 0.232. The number of anilines is 3. The van der Waals surface area contributed by atoms with Crippen molar-refractivity contribution in [2.24, 2.45) is 0 Å². The van der Waals surface area contributed by atoms with Crippen LogP contribution in [0.15, 0.2) is 83.5 Å². The molecule has 0 saturated heterocycles. The highest BCUT2D eigenvalue weighted by atomic mass is 79.9. The van der Waals surface area contributed by atoms with Gasteiger partial charge in [0.25, 0.3) is 0 Å². The van der Waals surface area contributed by atoms with E-state index in [0.29, 0.717) is 5.82 Å². The summed E-state index contributed by atoms with van der Waals surface area (Å²) in [6.45, 7) is 0. The van der Waals surface area contributed by atoms with Gasteiger partial charge in [0.05, 0.1) is 11.0 Å². The fraction of sp³-hybridized carbons (Fsp3) is 0. The van der Waals surface area contributed by atoms with E-state index in [0.717, 1.165) is 43.1 Å². The van der Waals surface area contributed by atoms with Crippen molar-refractivity contribution in [1.82, 2.24) is 15.0 Å². The molecule has 0 aliphatic rings. The molecule has 3 N–H and O–H groups in total. The van der Waals surface area contributed by atoms with Crippen LogP contribution in [0.5, 0.6) is 0 Å². The van der Waals surface area contributed by atoms with E-state index < -0.39 is 0 Å². The van der Waals surface area contributed by atoms with E-state index >= 15 is 0 Å². The first-order valence-electron chi connectivity index (χ1n) is 9.11. The quantitative estimate of drug-likeness (QED) is 0.362. The molecule has 6 heteroatoms. The molecule has 2 aromatic heterocycles. The molecule has 5 rings (SSSR count). The van der Waals surface area contributed by atoms with Gasteiger partial charge in [-0.1, -0.05) is 46.3 Å². The highest BCUT2D eigenvalue weighted by Gasteiger charge is 2.10. The summed E-state index contributed by atoms with van der Waals surface area (Å²) in [4.78, 5) is 13.4.